The van der Waals surface area contributed by atoms with Crippen LogP contribution >= 0.6 is 23.5 Å². The van der Waals surface area contributed by atoms with Gasteiger partial charge in [0.05, 0.1) is 15.4 Å². The van der Waals surface area contributed by atoms with Gasteiger partial charge in [0.15, 0.2) is 11.5 Å². The van der Waals surface area contributed by atoms with E-state index in [0.29, 0.717) is 0 Å². The van der Waals surface area contributed by atoms with E-state index in [-0.39, 0.29) is 6.79 Å². The molecule has 33 heavy (non-hydrogen) atoms. The summed E-state index contributed by atoms with van der Waals surface area (Å²) in [5.41, 5.74) is 2.42. The molecule has 1 aliphatic heterocycles. The maximum absolute atomic E-state index is 5.63. The Labute approximate surface area is 201 Å². The Morgan fingerprint density at radius 2 is 1.33 bits per heavy atom. The topological polar surface area (TPSA) is 23.4 Å². The molecular formula is C28H21NO2S2. The summed E-state index contributed by atoms with van der Waals surface area (Å²) in [6.07, 6.45) is 0. The van der Waals surface area contributed by atoms with Gasteiger partial charge in [-0.25, -0.2) is 0 Å². The first-order chi connectivity index (χ1) is 16.3. The zero-order chi connectivity index (χ0) is 22.0. The van der Waals surface area contributed by atoms with Crippen LogP contribution in [0.3, 0.4) is 0 Å². The van der Waals surface area contributed by atoms with E-state index in [1.54, 1.807) is 0 Å². The standard InChI is InChI=1S/C28H21NO2S2/c1-3-9-21(10-4-1)32-27-23-13-7-8-14-24(23)29(28(27)33-22-11-5-2-6-12-22)18-20-15-16-25-26(17-20)31-19-30-25/h1-17H,18-19H2. The molecule has 4 aromatic carbocycles. The second kappa shape index (κ2) is 8.93. The van der Waals surface area contributed by atoms with E-state index in [4.69, 9.17) is 9.47 Å². The van der Waals surface area contributed by atoms with Gasteiger partial charge < -0.3 is 14.0 Å². The lowest BCUT2D eigenvalue weighted by Crippen LogP contribution is -2.01. The molecule has 162 valence electrons. The van der Waals surface area contributed by atoms with Crippen molar-refractivity contribution in [1.29, 1.82) is 0 Å². The summed E-state index contributed by atoms with van der Waals surface area (Å²) in [6, 6.07) is 36.1. The maximum atomic E-state index is 5.63. The summed E-state index contributed by atoms with van der Waals surface area (Å²) in [4.78, 5) is 3.74. The molecule has 0 radical (unpaired) electrons. The van der Waals surface area contributed by atoms with Gasteiger partial charge in [0.2, 0.25) is 6.79 Å². The molecule has 0 spiro atoms. The molecule has 1 aliphatic rings. The van der Waals surface area contributed by atoms with Crippen LogP contribution in [0.2, 0.25) is 0 Å². The molecule has 6 rings (SSSR count). The van der Waals surface area contributed by atoms with Crippen molar-refractivity contribution in [3.8, 4) is 11.5 Å². The SMILES string of the molecule is c1ccc(Sc2c(Sc3ccccc3)n(Cc3ccc4c(c3)OCO4)c3ccccc23)cc1. The van der Waals surface area contributed by atoms with Crippen molar-refractivity contribution in [3.05, 3.63) is 109 Å². The highest BCUT2D eigenvalue weighted by Gasteiger charge is 2.21. The van der Waals surface area contributed by atoms with Gasteiger partial charge in [0.1, 0.15) is 0 Å². The number of hydrogen-bond donors (Lipinski definition) is 0. The number of hydrogen-bond acceptors (Lipinski definition) is 4. The van der Waals surface area contributed by atoms with E-state index in [9.17, 15) is 0 Å². The van der Waals surface area contributed by atoms with Crippen LogP contribution in [0.25, 0.3) is 10.9 Å². The molecule has 0 amide bonds. The van der Waals surface area contributed by atoms with Crippen molar-refractivity contribution in [2.75, 3.05) is 6.79 Å². The van der Waals surface area contributed by atoms with Crippen LogP contribution in [0.1, 0.15) is 5.56 Å². The van der Waals surface area contributed by atoms with E-state index >= 15 is 0 Å². The number of para-hydroxylation sites is 1. The minimum Gasteiger partial charge on any atom is -0.454 e. The Kier molecular flexibility index (Phi) is 5.50. The molecule has 0 aliphatic carbocycles. The Bertz CT molecular complexity index is 1410. The molecular weight excluding hydrogens is 446 g/mol. The van der Waals surface area contributed by atoms with Crippen molar-refractivity contribution in [3.63, 3.8) is 0 Å². The first-order valence-corrected chi connectivity index (χ1v) is 12.4. The molecule has 0 atom stereocenters. The molecule has 0 fully saturated rings. The minimum atomic E-state index is 0.290. The number of rotatable bonds is 6. The lowest BCUT2D eigenvalue weighted by atomic mass is 10.2. The second-order valence-corrected chi connectivity index (χ2v) is 9.90. The van der Waals surface area contributed by atoms with Crippen molar-refractivity contribution in [2.45, 2.75) is 26.3 Å². The van der Waals surface area contributed by atoms with Crippen molar-refractivity contribution in [2.24, 2.45) is 0 Å². The van der Waals surface area contributed by atoms with Gasteiger partial charge in [-0.1, -0.05) is 84.2 Å². The minimum absolute atomic E-state index is 0.290. The highest BCUT2D eigenvalue weighted by atomic mass is 32.2. The third kappa shape index (κ3) is 4.10. The predicted octanol–water partition coefficient (Wildman–Crippen LogP) is 7.72. The largest absolute Gasteiger partial charge is 0.454 e. The van der Waals surface area contributed by atoms with Crippen LogP contribution in [0.5, 0.6) is 11.5 Å². The maximum Gasteiger partial charge on any atom is 0.231 e. The predicted molar refractivity (Wildman–Crippen MR) is 135 cm³/mol. The molecule has 0 saturated carbocycles. The van der Waals surface area contributed by atoms with E-state index in [2.05, 4.69) is 102 Å². The number of aromatic nitrogens is 1. The number of ether oxygens (including phenoxy) is 2. The quantitative estimate of drug-likeness (QED) is 0.255. The van der Waals surface area contributed by atoms with E-state index in [1.807, 2.05) is 29.6 Å². The van der Waals surface area contributed by atoms with Crippen molar-refractivity contribution in [1.82, 2.24) is 4.57 Å². The summed E-state index contributed by atoms with van der Waals surface area (Å²) in [5.74, 6) is 1.63. The lowest BCUT2D eigenvalue weighted by molar-refractivity contribution is 0.174. The summed E-state index contributed by atoms with van der Waals surface area (Å²) < 4.78 is 13.6. The monoisotopic (exact) mass is 467 g/mol. The Morgan fingerprint density at radius 3 is 2.12 bits per heavy atom. The molecule has 0 bridgehead atoms. The number of fused-ring (bicyclic) bond motifs is 2. The Morgan fingerprint density at radius 1 is 0.667 bits per heavy atom. The first kappa shape index (κ1) is 20.3. The fourth-order valence-corrected chi connectivity index (χ4v) is 6.28. The summed E-state index contributed by atoms with van der Waals surface area (Å²) in [6.45, 7) is 1.04. The van der Waals surface area contributed by atoms with Crippen LogP contribution < -0.4 is 9.47 Å². The van der Waals surface area contributed by atoms with Gasteiger partial charge in [0.25, 0.3) is 0 Å². The highest BCUT2D eigenvalue weighted by Crippen LogP contribution is 2.45. The van der Waals surface area contributed by atoms with Crippen LogP contribution in [-0.4, -0.2) is 11.4 Å². The number of benzene rings is 4. The van der Waals surface area contributed by atoms with Gasteiger partial charge in [0, 0.05) is 21.7 Å². The molecule has 0 N–H and O–H groups in total. The van der Waals surface area contributed by atoms with Crippen LogP contribution in [-0.2, 0) is 6.54 Å². The average Bonchev–Trinajstić information content (AvgIpc) is 3.44. The second-order valence-electron chi connectivity index (χ2n) is 7.76. The van der Waals surface area contributed by atoms with Gasteiger partial charge in [-0.15, -0.1) is 0 Å². The summed E-state index contributed by atoms with van der Waals surface area (Å²) in [7, 11) is 0. The Hall–Kier alpha value is -3.28. The van der Waals surface area contributed by atoms with E-state index in [0.717, 1.165) is 18.0 Å². The fourth-order valence-electron chi connectivity index (χ4n) is 4.03. The van der Waals surface area contributed by atoms with Gasteiger partial charge in [-0.2, -0.15) is 0 Å². The fraction of sp³-hybridized carbons (Fsp3) is 0.0714. The molecule has 0 saturated heterocycles. The average molecular weight is 468 g/mol. The first-order valence-electron chi connectivity index (χ1n) is 10.8. The van der Waals surface area contributed by atoms with Crippen molar-refractivity contribution < 1.29 is 9.47 Å². The number of nitrogens with zero attached hydrogens (tertiary/aromatic N) is 1. The lowest BCUT2D eigenvalue weighted by Gasteiger charge is -2.13. The zero-order valence-corrected chi connectivity index (χ0v) is 19.4. The molecule has 0 unspecified atom stereocenters. The van der Waals surface area contributed by atoms with Gasteiger partial charge in [-0.05, 0) is 48.0 Å². The normalized spacial score (nSPS) is 12.4. The molecule has 2 heterocycles. The Balaban J connectivity index is 1.50. The van der Waals surface area contributed by atoms with E-state index in [1.165, 1.54) is 36.2 Å². The summed E-state index contributed by atoms with van der Waals surface area (Å²) >= 11 is 3.64. The highest BCUT2D eigenvalue weighted by molar-refractivity contribution is 8.02. The summed E-state index contributed by atoms with van der Waals surface area (Å²) in [5, 5.41) is 2.51. The molecule has 5 aromatic rings. The third-order valence-electron chi connectivity index (χ3n) is 5.58. The van der Waals surface area contributed by atoms with Crippen LogP contribution in [0.4, 0.5) is 0 Å². The molecule has 5 heteroatoms. The smallest absolute Gasteiger partial charge is 0.231 e. The van der Waals surface area contributed by atoms with Gasteiger partial charge in [-0.3, -0.25) is 0 Å². The van der Waals surface area contributed by atoms with E-state index < -0.39 is 0 Å². The molecule has 3 nitrogen and oxygen atoms in total. The van der Waals surface area contributed by atoms with Gasteiger partial charge >= 0.3 is 0 Å². The van der Waals surface area contributed by atoms with Crippen LogP contribution in [0, 0.1) is 0 Å². The van der Waals surface area contributed by atoms with Crippen LogP contribution in [0.15, 0.2) is 123 Å². The molecule has 1 aromatic heterocycles. The third-order valence-corrected chi connectivity index (χ3v) is 7.96. The zero-order valence-electron chi connectivity index (χ0n) is 17.8. The van der Waals surface area contributed by atoms with Crippen molar-refractivity contribution >= 4 is 34.4 Å².